The summed E-state index contributed by atoms with van der Waals surface area (Å²) in [7, 11) is 3.77. The van der Waals surface area contributed by atoms with Crippen LogP contribution in [-0.4, -0.2) is 40.0 Å². The number of hydrogen-bond acceptors (Lipinski definition) is 4. The molecule has 1 aromatic carbocycles. The second kappa shape index (κ2) is 6.07. The van der Waals surface area contributed by atoms with Crippen molar-refractivity contribution in [2.24, 2.45) is 11.7 Å². The number of benzene rings is 1. The number of nitrogens with two attached hydrogens (primary N) is 1. The van der Waals surface area contributed by atoms with Gasteiger partial charge in [0.15, 0.2) is 0 Å². The summed E-state index contributed by atoms with van der Waals surface area (Å²) in [5.74, 6) is 1.39. The van der Waals surface area contributed by atoms with Gasteiger partial charge < -0.3 is 20.1 Å². The van der Waals surface area contributed by atoms with Crippen LogP contribution < -0.4 is 15.4 Å². The monoisotopic (exact) mass is 250 g/mol. The van der Waals surface area contributed by atoms with Gasteiger partial charge in [0.1, 0.15) is 5.75 Å². The van der Waals surface area contributed by atoms with Crippen LogP contribution in [0.5, 0.6) is 5.75 Å². The Morgan fingerprint density at radius 3 is 2.89 bits per heavy atom. The van der Waals surface area contributed by atoms with Crippen molar-refractivity contribution in [2.75, 3.05) is 38.8 Å². The molecule has 2 unspecified atom stereocenters. The van der Waals surface area contributed by atoms with Crippen molar-refractivity contribution in [3.05, 3.63) is 24.3 Å². The van der Waals surface area contributed by atoms with Gasteiger partial charge in [-0.3, -0.25) is 0 Å². The van der Waals surface area contributed by atoms with Gasteiger partial charge in [-0.05, 0) is 18.6 Å². The molecule has 100 valence electrons. The molecule has 0 bridgehead atoms. The van der Waals surface area contributed by atoms with Crippen molar-refractivity contribution in [3.63, 3.8) is 0 Å². The predicted molar refractivity (Wildman–Crippen MR) is 73.2 cm³/mol. The zero-order valence-electron chi connectivity index (χ0n) is 11.1. The normalized spacial score (nSPS) is 20.7. The Bertz CT molecular complexity index is 378. The Balaban J connectivity index is 2.19. The molecule has 1 aromatic rings. The third-order valence-corrected chi connectivity index (χ3v) is 3.71. The summed E-state index contributed by atoms with van der Waals surface area (Å²) in [4.78, 5) is 2.22. The highest BCUT2D eigenvalue weighted by molar-refractivity contribution is 5.58. The maximum Gasteiger partial charge on any atom is 0.142 e. The Kier molecular flexibility index (Phi) is 4.44. The van der Waals surface area contributed by atoms with E-state index in [0.29, 0.717) is 18.5 Å². The molecule has 2 N–H and O–H groups in total. The summed E-state index contributed by atoms with van der Waals surface area (Å²) in [6, 6.07) is 8.34. The third-order valence-electron chi connectivity index (χ3n) is 3.71. The van der Waals surface area contributed by atoms with Crippen LogP contribution in [0, 0.1) is 5.92 Å². The lowest BCUT2D eigenvalue weighted by atomic mass is 9.97. The highest BCUT2D eigenvalue weighted by Gasteiger charge is 2.28. The topological polar surface area (TPSA) is 47.7 Å². The summed E-state index contributed by atoms with van der Waals surface area (Å²) in [6.45, 7) is 2.28. The van der Waals surface area contributed by atoms with Crippen LogP contribution in [0.2, 0.25) is 0 Å². The highest BCUT2D eigenvalue weighted by atomic mass is 16.5. The quantitative estimate of drug-likeness (QED) is 0.860. The molecule has 18 heavy (non-hydrogen) atoms. The van der Waals surface area contributed by atoms with E-state index >= 15 is 0 Å². The Hall–Kier alpha value is -1.26. The molecule has 2 rings (SSSR count). The predicted octanol–water partition coefficient (Wildman–Crippen LogP) is 1.50. The SMILES string of the molecule is COc1ccccc1N(C)C(CN)C1CCOC1. The van der Waals surface area contributed by atoms with Gasteiger partial charge in [-0.2, -0.15) is 0 Å². The van der Waals surface area contributed by atoms with E-state index in [0.717, 1.165) is 31.1 Å². The number of hydrogen-bond donors (Lipinski definition) is 1. The van der Waals surface area contributed by atoms with Crippen molar-refractivity contribution in [2.45, 2.75) is 12.5 Å². The minimum Gasteiger partial charge on any atom is -0.495 e. The fraction of sp³-hybridized carbons (Fsp3) is 0.571. The molecule has 1 heterocycles. The molecule has 0 amide bonds. The first-order valence-corrected chi connectivity index (χ1v) is 6.41. The Morgan fingerprint density at radius 1 is 1.50 bits per heavy atom. The molecule has 2 atom stereocenters. The molecule has 1 aliphatic rings. The second-order valence-corrected chi connectivity index (χ2v) is 4.71. The van der Waals surface area contributed by atoms with E-state index in [2.05, 4.69) is 18.0 Å². The molecule has 1 aliphatic heterocycles. The Morgan fingerprint density at radius 2 is 2.28 bits per heavy atom. The summed E-state index contributed by atoms with van der Waals surface area (Å²) in [5.41, 5.74) is 7.03. The van der Waals surface area contributed by atoms with E-state index in [1.54, 1.807) is 7.11 Å². The maximum atomic E-state index is 5.94. The number of nitrogens with zero attached hydrogens (tertiary/aromatic N) is 1. The molecule has 0 saturated carbocycles. The summed E-state index contributed by atoms with van der Waals surface area (Å²) in [6.07, 6.45) is 1.08. The minimum absolute atomic E-state index is 0.295. The second-order valence-electron chi connectivity index (χ2n) is 4.71. The van der Waals surface area contributed by atoms with Crippen LogP contribution in [0.1, 0.15) is 6.42 Å². The van der Waals surface area contributed by atoms with E-state index in [1.807, 2.05) is 18.2 Å². The minimum atomic E-state index is 0.295. The number of likely N-dealkylation sites (N-methyl/N-ethyl adjacent to an activating group) is 1. The molecular weight excluding hydrogens is 228 g/mol. The van der Waals surface area contributed by atoms with E-state index in [4.69, 9.17) is 15.2 Å². The number of rotatable bonds is 5. The molecular formula is C14H22N2O2. The molecule has 0 aromatic heterocycles. The highest BCUT2D eigenvalue weighted by Crippen LogP contribution is 2.31. The van der Waals surface area contributed by atoms with Crippen LogP contribution in [0.4, 0.5) is 5.69 Å². The zero-order chi connectivity index (χ0) is 13.0. The lowest BCUT2D eigenvalue weighted by Crippen LogP contribution is -2.44. The first-order chi connectivity index (χ1) is 8.77. The lowest BCUT2D eigenvalue weighted by molar-refractivity contribution is 0.180. The third kappa shape index (κ3) is 2.60. The molecule has 0 spiro atoms. The molecule has 1 saturated heterocycles. The number of ether oxygens (including phenoxy) is 2. The molecule has 4 nitrogen and oxygen atoms in total. The summed E-state index contributed by atoms with van der Waals surface area (Å²) < 4.78 is 10.9. The Labute approximate surface area is 109 Å². The van der Waals surface area contributed by atoms with Crippen LogP contribution in [0.15, 0.2) is 24.3 Å². The van der Waals surface area contributed by atoms with Gasteiger partial charge in [0.25, 0.3) is 0 Å². The van der Waals surface area contributed by atoms with Crippen LogP contribution in [0.25, 0.3) is 0 Å². The van der Waals surface area contributed by atoms with Gasteiger partial charge in [0.2, 0.25) is 0 Å². The van der Waals surface area contributed by atoms with Crippen molar-refractivity contribution in [1.82, 2.24) is 0 Å². The van der Waals surface area contributed by atoms with Gasteiger partial charge in [-0.1, -0.05) is 12.1 Å². The van der Waals surface area contributed by atoms with E-state index < -0.39 is 0 Å². The smallest absolute Gasteiger partial charge is 0.142 e. The van der Waals surface area contributed by atoms with Gasteiger partial charge >= 0.3 is 0 Å². The average molecular weight is 250 g/mol. The fourth-order valence-electron chi connectivity index (χ4n) is 2.62. The number of methoxy groups -OCH3 is 1. The molecule has 4 heteroatoms. The van der Waals surface area contributed by atoms with Gasteiger partial charge in [-0.25, -0.2) is 0 Å². The van der Waals surface area contributed by atoms with E-state index in [1.165, 1.54) is 0 Å². The van der Waals surface area contributed by atoms with Crippen LogP contribution in [0.3, 0.4) is 0 Å². The number of para-hydroxylation sites is 2. The maximum absolute atomic E-state index is 5.94. The first-order valence-electron chi connectivity index (χ1n) is 6.41. The van der Waals surface area contributed by atoms with Crippen molar-refractivity contribution < 1.29 is 9.47 Å². The lowest BCUT2D eigenvalue weighted by Gasteiger charge is -2.33. The van der Waals surface area contributed by atoms with Gasteiger partial charge in [0, 0.05) is 32.2 Å². The van der Waals surface area contributed by atoms with Crippen molar-refractivity contribution >= 4 is 5.69 Å². The standard InChI is InChI=1S/C14H22N2O2/c1-16(12-5-3-4-6-14(12)17-2)13(9-15)11-7-8-18-10-11/h3-6,11,13H,7-10,15H2,1-2H3. The van der Waals surface area contributed by atoms with Crippen LogP contribution >= 0.6 is 0 Å². The van der Waals surface area contributed by atoms with Crippen molar-refractivity contribution in [3.8, 4) is 5.75 Å². The van der Waals surface area contributed by atoms with E-state index in [9.17, 15) is 0 Å². The zero-order valence-corrected chi connectivity index (χ0v) is 11.1. The molecule has 0 radical (unpaired) electrons. The first kappa shape index (κ1) is 13.2. The fourth-order valence-corrected chi connectivity index (χ4v) is 2.62. The molecule has 1 fully saturated rings. The number of anilines is 1. The summed E-state index contributed by atoms with van der Waals surface area (Å²) in [5, 5.41) is 0. The van der Waals surface area contributed by atoms with Gasteiger partial charge in [0.05, 0.1) is 19.4 Å². The van der Waals surface area contributed by atoms with E-state index in [-0.39, 0.29) is 0 Å². The van der Waals surface area contributed by atoms with Crippen LogP contribution in [-0.2, 0) is 4.74 Å². The molecule has 0 aliphatic carbocycles. The summed E-state index contributed by atoms with van der Waals surface area (Å²) >= 11 is 0. The van der Waals surface area contributed by atoms with Gasteiger partial charge in [-0.15, -0.1) is 0 Å². The average Bonchev–Trinajstić information content (AvgIpc) is 2.93. The largest absolute Gasteiger partial charge is 0.495 e. The van der Waals surface area contributed by atoms with Crippen molar-refractivity contribution in [1.29, 1.82) is 0 Å².